The predicted octanol–water partition coefficient (Wildman–Crippen LogP) is 1.19. The van der Waals surface area contributed by atoms with Gasteiger partial charge in [0.2, 0.25) is 0 Å². The first-order valence-corrected chi connectivity index (χ1v) is 6.38. The second kappa shape index (κ2) is 8.74. The van der Waals surface area contributed by atoms with Gasteiger partial charge in [0.25, 0.3) is 0 Å². The molecular weight excluding hydrogens is 246 g/mol. The van der Waals surface area contributed by atoms with Crippen LogP contribution in [0.4, 0.5) is 0 Å². The summed E-state index contributed by atoms with van der Waals surface area (Å²) in [6.45, 7) is 4.17. The average Bonchev–Trinajstić information content (AvgIpc) is 2.43. The molecule has 0 aliphatic carbocycles. The van der Waals surface area contributed by atoms with Gasteiger partial charge in [-0.3, -0.25) is 0 Å². The van der Waals surface area contributed by atoms with E-state index in [1.165, 1.54) is 0 Å². The molecule has 2 N–H and O–H groups in total. The fourth-order valence-electron chi connectivity index (χ4n) is 1.64. The van der Waals surface area contributed by atoms with Crippen molar-refractivity contribution in [3.05, 3.63) is 23.8 Å². The van der Waals surface area contributed by atoms with Gasteiger partial charge < -0.3 is 24.6 Å². The molecule has 0 fully saturated rings. The highest BCUT2D eigenvalue weighted by Gasteiger charge is 2.09. The smallest absolute Gasteiger partial charge is 0.161 e. The van der Waals surface area contributed by atoms with Gasteiger partial charge >= 0.3 is 0 Å². The summed E-state index contributed by atoms with van der Waals surface area (Å²) in [5, 5.41) is 12.8. The van der Waals surface area contributed by atoms with E-state index in [0.29, 0.717) is 11.5 Å². The lowest BCUT2D eigenvalue weighted by Gasteiger charge is -2.15. The van der Waals surface area contributed by atoms with E-state index < -0.39 is 6.10 Å². The number of aliphatic hydroxyl groups excluding tert-OH is 1. The molecule has 1 rings (SSSR count). The molecule has 1 aromatic carbocycles. The predicted molar refractivity (Wildman–Crippen MR) is 73.8 cm³/mol. The highest BCUT2D eigenvalue weighted by atomic mass is 16.5. The first-order chi connectivity index (χ1) is 9.21. The molecule has 1 aromatic rings. The van der Waals surface area contributed by atoms with Gasteiger partial charge in [0.1, 0.15) is 12.7 Å². The highest BCUT2D eigenvalue weighted by molar-refractivity contribution is 5.43. The molecule has 0 spiro atoms. The summed E-state index contributed by atoms with van der Waals surface area (Å²) in [5.41, 5.74) is 1.11. The van der Waals surface area contributed by atoms with Gasteiger partial charge in [0.15, 0.2) is 11.5 Å². The summed E-state index contributed by atoms with van der Waals surface area (Å²) in [7, 11) is 3.14. The second-order valence-corrected chi connectivity index (χ2v) is 4.19. The minimum atomic E-state index is -0.646. The SMILES string of the molecule is CCNCc1ccc(OC)c(OCC(O)COC)c1. The number of aliphatic hydroxyl groups is 1. The zero-order chi connectivity index (χ0) is 14.1. The van der Waals surface area contributed by atoms with Crippen molar-refractivity contribution in [2.45, 2.75) is 19.6 Å². The highest BCUT2D eigenvalue weighted by Crippen LogP contribution is 2.28. The molecule has 0 amide bonds. The third-order valence-electron chi connectivity index (χ3n) is 2.60. The maximum absolute atomic E-state index is 9.58. The number of methoxy groups -OCH3 is 2. The van der Waals surface area contributed by atoms with Crippen molar-refractivity contribution < 1.29 is 19.3 Å². The van der Waals surface area contributed by atoms with Crippen molar-refractivity contribution in [1.82, 2.24) is 5.32 Å². The average molecular weight is 269 g/mol. The van der Waals surface area contributed by atoms with Crippen LogP contribution in [0.15, 0.2) is 18.2 Å². The van der Waals surface area contributed by atoms with Crippen molar-refractivity contribution in [2.75, 3.05) is 34.0 Å². The molecule has 0 radical (unpaired) electrons. The summed E-state index contributed by atoms with van der Waals surface area (Å²) >= 11 is 0. The van der Waals surface area contributed by atoms with E-state index in [2.05, 4.69) is 12.2 Å². The lowest BCUT2D eigenvalue weighted by molar-refractivity contribution is 0.0319. The van der Waals surface area contributed by atoms with E-state index in [1.54, 1.807) is 14.2 Å². The third kappa shape index (κ3) is 5.46. The number of rotatable bonds is 9. The summed E-state index contributed by atoms with van der Waals surface area (Å²) in [6, 6.07) is 5.77. The Morgan fingerprint density at radius 3 is 2.63 bits per heavy atom. The van der Waals surface area contributed by atoms with Gasteiger partial charge in [-0.2, -0.15) is 0 Å². The third-order valence-corrected chi connectivity index (χ3v) is 2.60. The van der Waals surface area contributed by atoms with Crippen molar-refractivity contribution in [3.63, 3.8) is 0 Å². The van der Waals surface area contributed by atoms with Crippen LogP contribution in [-0.2, 0) is 11.3 Å². The van der Waals surface area contributed by atoms with Crippen molar-refractivity contribution >= 4 is 0 Å². The Balaban J connectivity index is 2.66. The Labute approximate surface area is 114 Å². The van der Waals surface area contributed by atoms with Gasteiger partial charge in [0, 0.05) is 13.7 Å². The topological polar surface area (TPSA) is 60.0 Å². The zero-order valence-corrected chi connectivity index (χ0v) is 11.8. The van der Waals surface area contributed by atoms with Gasteiger partial charge in [-0.05, 0) is 24.2 Å². The van der Waals surface area contributed by atoms with Gasteiger partial charge in [-0.15, -0.1) is 0 Å². The van der Waals surface area contributed by atoms with E-state index >= 15 is 0 Å². The summed E-state index contributed by atoms with van der Waals surface area (Å²) in [4.78, 5) is 0. The molecule has 0 saturated carbocycles. The van der Waals surface area contributed by atoms with Crippen LogP contribution in [0, 0.1) is 0 Å². The molecule has 108 valence electrons. The molecule has 0 saturated heterocycles. The van der Waals surface area contributed by atoms with Crippen LogP contribution in [0.5, 0.6) is 11.5 Å². The quantitative estimate of drug-likeness (QED) is 0.705. The van der Waals surface area contributed by atoms with Crippen LogP contribution in [-0.4, -0.2) is 45.2 Å². The van der Waals surface area contributed by atoms with Crippen LogP contribution >= 0.6 is 0 Å². The molecule has 19 heavy (non-hydrogen) atoms. The maximum Gasteiger partial charge on any atom is 0.161 e. The summed E-state index contributed by atoms with van der Waals surface area (Å²) in [5.74, 6) is 1.29. The first-order valence-electron chi connectivity index (χ1n) is 6.38. The number of hydrogen-bond donors (Lipinski definition) is 2. The van der Waals surface area contributed by atoms with Crippen molar-refractivity contribution in [2.24, 2.45) is 0 Å². The standard InChI is InChI=1S/C14H23NO4/c1-4-15-8-11-5-6-13(18-3)14(7-11)19-10-12(16)9-17-2/h5-7,12,15-16H,4,8-10H2,1-3H3. The fourth-order valence-corrected chi connectivity index (χ4v) is 1.64. The molecule has 5 heteroatoms. The monoisotopic (exact) mass is 269 g/mol. The molecule has 0 aromatic heterocycles. The van der Waals surface area contributed by atoms with Crippen LogP contribution < -0.4 is 14.8 Å². The van der Waals surface area contributed by atoms with Crippen LogP contribution in [0.1, 0.15) is 12.5 Å². The summed E-state index contributed by atoms with van der Waals surface area (Å²) < 4.78 is 15.7. The zero-order valence-electron chi connectivity index (χ0n) is 11.8. The molecule has 0 aliphatic rings. The Kier molecular flexibility index (Phi) is 7.25. The van der Waals surface area contributed by atoms with Crippen LogP contribution in [0.3, 0.4) is 0 Å². The van der Waals surface area contributed by atoms with Crippen molar-refractivity contribution in [3.8, 4) is 11.5 Å². The molecular formula is C14H23NO4. The number of hydrogen-bond acceptors (Lipinski definition) is 5. The van der Waals surface area contributed by atoms with E-state index in [4.69, 9.17) is 14.2 Å². The normalized spacial score (nSPS) is 12.2. The van der Waals surface area contributed by atoms with Crippen LogP contribution in [0.2, 0.25) is 0 Å². The Morgan fingerprint density at radius 2 is 2.00 bits per heavy atom. The van der Waals surface area contributed by atoms with Crippen LogP contribution in [0.25, 0.3) is 0 Å². The van der Waals surface area contributed by atoms with E-state index in [-0.39, 0.29) is 13.2 Å². The molecule has 1 unspecified atom stereocenters. The minimum Gasteiger partial charge on any atom is -0.493 e. The van der Waals surface area contributed by atoms with Crippen molar-refractivity contribution in [1.29, 1.82) is 0 Å². The molecule has 0 bridgehead atoms. The fraction of sp³-hybridized carbons (Fsp3) is 0.571. The van der Waals surface area contributed by atoms with E-state index in [9.17, 15) is 5.11 Å². The van der Waals surface area contributed by atoms with E-state index in [1.807, 2.05) is 18.2 Å². The Morgan fingerprint density at radius 1 is 1.21 bits per heavy atom. The largest absolute Gasteiger partial charge is 0.493 e. The lowest BCUT2D eigenvalue weighted by Crippen LogP contribution is -2.22. The minimum absolute atomic E-state index is 0.175. The number of benzene rings is 1. The molecule has 0 heterocycles. The van der Waals surface area contributed by atoms with Gasteiger partial charge in [-0.25, -0.2) is 0 Å². The van der Waals surface area contributed by atoms with Gasteiger partial charge in [-0.1, -0.05) is 13.0 Å². The lowest BCUT2D eigenvalue weighted by atomic mass is 10.2. The second-order valence-electron chi connectivity index (χ2n) is 4.19. The molecule has 5 nitrogen and oxygen atoms in total. The molecule has 0 aliphatic heterocycles. The first kappa shape index (κ1) is 15.8. The van der Waals surface area contributed by atoms with E-state index in [0.717, 1.165) is 18.7 Å². The molecule has 1 atom stereocenters. The number of ether oxygens (including phenoxy) is 3. The maximum atomic E-state index is 9.58. The Bertz CT molecular complexity index is 370. The Hall–Kier alpha value is -1.30. The number of nitrogens with one attached hydrogen (secondary N) is 1. The van der Waals surface area contributed by atoms with Gasteiger partial charge in [0.05, 0.1) is 13.7 Å². The summed E-state index contributed by atoms with van der Waals surface area (Å²) in [6.07, 6.45) is -0.646.